The van der Waals surface area contributed by atoms with Crippen molar-refractivity contribution in [3.63, 3.8) is 0 Å². The molecule has 1 aliphatic rings. The molecule has 2 heterocycles. The highest BCUT2D eigenvalue weighted by molar-refractivity contribution is 5.43. The van der Waals surface area contributed by atoms with Crippen molar-refractivity contribution in [1.82, 2.24) is 10.3 Å². The van der Waals surface area contributed by atoms with Gasteiger partial charge in [0.1, 0.15) is 0 Å². The SMILES string of the molecule is CCCNCc1ccnc(N2CCC(C)(C)CC2)c1F. The average molecular weight is 279 g/mol. The minimum atomic E-state index is -0.157. The normalized spacial score (nSPS) is 18.3. The maximum atomic E-state index is 14.5. The van der Waals surface area contributed by atoms with E-state index >= 15 is 0 Å². The van der Waals surface area contributed by atoms with Crippen molar-refractivity contribution in [2.24, 2.45) is 5.41 Å². The molecule has 20 heavy (non-hydrogen) atoms. The highest BCUT2D eigenvalue weighted by Crippen LogP contribution is 2.32. The van der Waals surface area contributed by atoms with Crippen LogP contribution in [-0.2, 0) is 6.54 Å². The molecule has 1 N–H and O–H groups in total. The van der Waals surface area contributed by atoms with E-state index in [0.29, 0.717) is 23.3 Å². The van der Waals surface area contributed by atoms with Crippen LogP contribution in [0.3, 0.4) is 0 Å². The van der Waals surface area contributed by atoms with Crippen LogP contribution in [0.4, 0.5) is 10.2 Å². The van der Waals surface area contributed by atoms with Gasteiger partial charge in [0.05, 0.1) is 0 Å². The molecule has 1 aromatic heterocycles. The fourth-order valence-electron chi connectivity index (χ4n) is 2.55. The summed E-state index contributed by atoms with van der Waals surface area (Å²) < 4.78 is 14.5. The molecule has 1 aliphatic heterocycles. The van der Waals surface area contributed by atoms with E-state index < -0.39 is 0 Å². The summed E-state index contributed by atoms with van der Waals surface area (Å²) in [6, 6.07) is 1.77. The molecule has 0 saturated carbocycles. The zero-order chi connectivity index (χ0) is 14.6. The van der Waals surface area contributed by atoms with Crippen molar-refractivity contribution in [3.8, 4) is 0 Å². The van der Waals surface area contributed by atoms with E-state index in [1.165, 1.54) is 0 Å². The predicted molar refractivity (Wildman–Crippen MR) is 81.4 cm³/mol. The van der Waals surface area contributed by atoms with Crippen molar-refractivity contribution in [3.05, 3.63) is 23.6 Å². The standard InChI is InChI=1S/C16H26FN3/c1-4-8-18-12-13-5-9-19-15(14(13)17)20-10-6-16(2,3)7-11-20/h5,9,18H,4,6-8,10-12H2,1-3H3. The minimum Gasteiger partial charge on any atom is -0.354 e. The van der Waals surface area contributed by atoms with Gasteiger partial charge in [-0.1, -0.05) is 20.8 Å². The zero-order valence-corrected chi connectivity index (χ0v) is 12.9. The van der Waals surface area contributed by atoms with Gasteiger partial charge in [0, 0.05) is 31.4 Å². The Labute approximate surface area is 121 Å². The van der Waals surface area contributed by atoms with E-state index in [-0.39, 0.29) is 5.82 Å². The van der Waals surface area contributed by atoms with Crippen LogP contribution in [0.25, 0.3) is 0 Å². The number of piperidine rings is 1. The van der Waals surface area contributed by atoms with Crippen LogP contribution < -0.4 is 10.2 Å². The molecule has 0 amide bonds. The number of hydrogen-bond acceptors (Lipinski definition) is 3. The molecule has 0 aliphatic carbocycles. The smallest absolute Gasteiger partial charge is 0.170 e. The molecule has 0 unspecified atom stereocenters. The number of pyridine rings is 1. The number of nitrogens with zero attached hydrogens (tertiary/aromatic N) is 2. The number of nitrogens with one attached hydrogen (secondary N) is 1. The summed E-state index contributed by atoms with van der Waals surface area (Å²) in [5.41, 5.74) is 1.08. The molecule has 1 saturated heterocycles. The third-order valence-corrected chi connectivity index (χ3v) is 4.11. The van der Waals surface area contributed by atoms with Crippen LogP contribution in [0.15, 0.2) is 12.3 Å². The van der Waals surface area contributed by atoms with Crippen LogP contribution in [-0.4, -0.2) is 24.6 Å². The van der Waals surface area contributed by atoms with Crippen molar-refractivity contribution in [1.29, 1.82) is 0 Å². The Kier molecular flexibility index (Phi) is 4.97. The first-order chi connectivity index (χ1) is 9.53. The fourth-order valence-corrected chi connectivity index (χ4v) is 2.55. The number of aromatic nitrogens is 1. The van der Waals surface area contributed by atoms with Gasteiger partial charge in [-0.2, -0.15) is 0 Å². The molecule has 0 radical (unpaired) electrons. The number of rotatable bonds is 5. The first-order valence-electron chi connectivity index (χ1n) is 7.62. The molecular formula is C16H26FN3. The molecule has 3 nitrogen and oxygen atoms in total. The second kappa shape index (κ2) is 6.53. The van der Waals surface area contributed by atoms with Gasteiger partial charge in [0.25, 0.3) is 0 Å². The molecule has 4 heteroatoms. The molecule has 0 spiro atoms. The highest BCUT2D eigenvalue weighted by atomic mass is 19.1. The van der Waals surface area contributed by atoms with Crippen molar-refractivity contribution in [2.75, 3.05) is 24.5 Å². The van der Waals surface area contributed by atoms with Gasteiger partial charge in [-0.25, -0.2) is 9.37 Å². The fraction of sp³-hybridized carbons (Fsp3) is 0.688. The second-order valence-corrected chi connectivity index (χ2v) is 6.44. The van der Waals surface area contributed by atoms with Gasteiger partial charge in [-0.15, -0.1) is 0 Å². The van der Waals surface area contributed by atoms with Crippen molar-refractivity contribution >= 4 is 5.82 Å². The molecule has 112 valence electrons. The van der Waals surface area contributed by atoms with Gasteiger partial charge >= 0.3 is 0 Å². The average Bonchev–Trinajstić information content (AvgIpc) is 2.41. The number of hydrogen-bond donors (Lipinski definition) is 1. The largest absolute Gasteiger partial charge is 0.354 e. The summed E-state index contributed by atoms with van der Waals surface area (Å²) in [6.45, 7) is 9.93. The molecule has 0 aromatic carbocycles. The molecule has 1 aromatic rings. The Balaban J connectivity index is 2.07. The molecule has 0 bridgehead atoms. The Morgan fingerprint density at radius 2 is 2.05 bits per heavy atom. The molecular weight excluding hydrogens is 253 g/mol. The van der Waals surface area contributed by atoms with E-state index in [9.17, 15) is 4.39 Å². The van der Waals surface area contributed by atoms with Crippen molar-refractivity contribution < 1.29 is 4.39 Å². The Morgan fingerprint density at radius 3 is 2.70 bits per heavy atom. The number of anilines is 1. The third kappa shape index (κ3) is 3.69. The maximum Gasteiger partial charge on any atom is 0.170 e. The number of halogens is 1. The first-order valence-corrected chi connectivity index (χ1v) is 7.62. The summed E-state index contributed by atoms with van der Waals surface area (Å²) in [7, 11) is 0. The Bertz CT molecular complexity index is 435. The summed E-state index contributed by atoms with van der Waals surface area (Å²) in [5.74, 6) is 0.368. The van der Waals surface area contributed by atoms with Crippen LogP contribution in [0.5, 0.6) is 0 Å². The van der Waals surface area contributed by atoms with Gasteiger partial charge in [0.15, 0.2) is 11.6 Å². The zero-order valence-electron chi connectivity index (χ0n) is 12.9. The first kappa shape index (κ1) is 15.2. The van der Waals surface area contributed by atoms with E-state index in [4.69, 9.17) is 0 Å². The van der Waals surface area contributed by atoms with E-state index in [0.717, 1.165) is 38.9 Å². The monoisotopic (exact) mass is 279 g/mol. The van der Waals surface area contributed by atoms with Crippen molar-refractivity contribution in [2.45, 2.75) is 46.6 Å². The topological polar surface area (TPSA) is 28.2 Å². The third-order valence-electron chi connectivity index (χ3n) is 4.11. The van der Waals surface area contributed by atoms with Crippen LogP contribution in [0.1, 0.15) is 45.6 Å². The molecule has 1 fully saturated rings. The van der Waals surface area contributed by atoms with E-state index in [1.807, 2.05) is 0 Å². The summed E-state index contributed by atoms with van der Waals surface area (Å²) in [4.78, 5) is 6.35. The summed E-state index contributed by atoms with van der Waals surface area (Å²) in [6.07, 6.45) is 4.96. The maximum absolute atomic E-state index is 14.5. The van der Waals surface area contributed by atoms with Gasteiger partial charge < -0.3 is 10.2 Å². The second-order valence-electron chi connectivity index (χ2n) is 6.44. The van der Waals surface area contributed by atoms with Gasteiger partial charge in [-0.05, 0) is 37.3 Å². The quantitative estimate of drug-likeness (QED) is 0.838. The van der Waals surface area contributed by atoms with E-state index in [2.05, 4.69) is 36.0 Å². The predicted octanol–water partition coefficient (Wildman–Crippen LogP) is 3.35. The molecule has 0 atom stereocenters. The summed E-state index contributed by atoms with van der Waals surface area (Å²) >= 11 is 0. The van der Waals surface area contributed by atoms with Gasteiger partial charge in [-0.3, -0.25) is 0 Å². The lowest BCUT2D eigenvalue weighted by Gasteiger charge is -2.37. The summed E-state index contributed by atoms with van der Waals surface area (Å²) in [5, 5.41) is 3.25. The lowest BCUT2D eigenvalue weighted by molar-refractivity contribution is 0.278. The Hall–Kier alpha value is -1.16. The highest BCUT2D eigenvalue weighted by Gasteiger charge is 2.27. The lowest BCUT2D eigenvalue weighted by atomic mass is 9.83. The van der Waals surface area contributed by atoms with Crippen LogP contribution in [0.2, 0.25) is 0 Å². The molecule has 2 rings (SSSR count). The van der Waals surface area contributed by atoms with Crippen LogP contribution >= 0.6 is 0 Å². The van der Waals surface area contributed by atoms with E-state index in [1.54, 1.807) is 12.3 Å². The minimum absolute atomic E-state index is 0.157. The Morgan fingerprint density at radius 1 is 1.35 bits per heavy atom. The lowest BCUT2D eigenvalue weighted by Crippen LogP contribution is -2.38. The van der Waals surface area contributed by atoms with Crippen LogP contribution in [0, 0.1) is 11.2 Å². The van der Waals surface area contributed by atoms with Gasteiger partial charge in [0.2, 0.25) is 0 Å².